The first kappa shape index (κ1) is 31.5. The van der Waals surface area contributed by atoms with Crippen LogP contribution in [-0.2, 0) is 9.53 Å². The van der Waals surface area contributed by atoms with Gasteiger partial charge in [-0.2, -0.15) is 10.2 Å². The zero-order valence-electron chi connectivity index (χ0n) is 25.3. The summed E-state index contributed by atoms with van der Waals surface area (Å²) < 4.78 is 41.3. The smallest absolute Gasteiger partial charge is 0.248 e. The molecule has 0 bridgehead atoms. The number of halogens is 2. The molecule has 2 N–H and O–H groups in total. The lowest BCUT2D eigenvalue weighted by molar-refractivity contribution is -0.138. The molecular weight excluding hydrogens is 598 g/mol. The third-order valence-electron chi connectivity index (χ3n) is 8.74. The van der Waals surface area contributed by atoms with E-state index in [9.17, 15) is 14.4 Å². The minimum Gasteiger partial charge on any atom is -0.486 e. The summed E-state index contributed by atoms with van der Waals surface area (Å²) in [5.74, 6) is -0.195. The van der Waals surface area contributed by atoms with Crippen molar-refractivity contribution in [3.05, 3.63) is 54.1 Å². The van der Waals surface area contributed by atoms with Gasteiger partial charge in [0.2, 0.25) is 11.9 Å². The fourth-order valence-corrected chi connectivity index (χ4v) is 6.21. The number of benzene rings is 2. The van der Waals surface area contributed by atoms with Gasteiger partial charge in [0, 0.05) is 69.7 Å². The molecule has 14 heteroatoms. The molecule has 3 aromatic rings. The lowest BCUT2D eigenvalue weighted by Gasteiger charge is -2.41. The van der Waals surface area contributed by atoms with Crippen molar-refractivity contribution in [2.75, 3.05) is 69.3 Å². The molecule has 3 aliphatic rings. The van der Waals surface area contributed by atoms with Crippen molar-refractivity contribution in [1.82, 2.24) is 24.8 Å². The van der Waals surface area contributed by atoms with E-state index in [4.69, 9.17) is 14.6 Å². The number of nitrogens with zero attached hydrogens (tertiary/aromatic N) is 7. The summed E-state index contributed by atoms with van der Waals surface area (Å²) in [5, 5.41) is 21.9. The summed E-state index contributed by atoms with van der Waals surface area (Å²) in [6.45, 7) is 4.28. The number of nitrogens with one attached hydrogen (secondary N) is 1. The van der Waals surface area contributed by atoms with Gasteiger partial charge in [0.05, 0.1) is 17.8 Å². The van der Waals surface area contributed by atoms with Crippen LogP contribution in [0.15, 0.2) is 42.7 Å². The largest absolute Gasteiger partial charge is 0.486 e. The minimum atomic E-state index is -1.47. The molecule has 3 aliphatic heterocycles. The number of piperidine rings is 1. The van der Waals surface area contributed by atoms with Gasteiger partial charge >= 0.3 is 0 Å². The summed E-state index contributed by atoms with van der Waals surface area (Å²) in [4.78, 5) is 30.4. The predicted molar refractivity (Wildman–Crippen MR) is 165 cm³/mol. The molecule has 0 aliphatic carbocycles. The molecule has 0 spiro atoms. The number of carbonyl (C=O) groups excluding carboxylic acids is 1. The van der Waals surface area contributed by atoms with Gasteiger partial charge in [-0.3, -0.25) is 9.69 Å². The predicted octanol–water partition coefficient (Wildman–Crippen LogP) is 2.90. The number of piperazine rings is 1. The summed E-state index contributed by atoms with van der Waals surface area (Å²) in [6.07, 6.45) is 1.31. The second kappa shape index (κ2) is 14.3. The molecule has 1 aromatic heterocycles. The van der Waals surface area contributed by atoms with Crippen molar-refractivity contribution in [2.24, 2.45) is 0 Å². The van der Waals surface area contributed by atoms with Crippen LogP contribution in [0.2, 0.25) is 0 Å². The highest BCUT2D eigenvalue weighted by atomic mass is 19.1. The van der Waals surface area contributed by atoms with E-state index >= 15 is 4.39 Å². The van der Waals surface area contributed by atoms with E-state index in [1.54, 1.807) is 30.3 Å². The Morgan fingerprint density at radius 1 is 1.09 bits per heavy atom. The van der Waals surface area contributed by atoms with Crippen molar-refractivity contribution in [3.8, 4) is 23.2 Å². The zero-order chi connectivity index (χ0) is 32.0. The molecule has 3 fully saturated rings. The number of amides is 1. The fourth-order valence-electron chi connectivity index (χ4n) is 6.21. The number of alkyl halides is 1. The number of hydrogen-bond donors (Lipinski definition) is 2. The van der Waals surface area contributed by atoms with Crippen LogP contribution in [0.1, 0.15) is 24.8 Å². The molecule has 0 radical (unpaired) electrons. The molecule has 2 atom stereocenters. The maximum atomic E-state index is 15.3. The van der Waals surface area contributed by atoms with E-state index in [0.717, 1.165) is 52.2 Å². The molecule has 0 unspecified atom stereocenters. The molecule has 12 nitrogen and oxygen atoms in total. The molecule has 3 saturated heterocycles. The highest BCUT2D eigenvalue weighted by Crippen LogP contribution is 2.30. The molecule has 1 amide bonds. The van der Waals surface area contributed by atoms with Crippen LogP contribution in [0.5, 0.6) is 5.75 Å². The van der Waals surface area contributed by atoms with Crippen LogP contribution >= 0.6 is 0 Å². The average Bonchev–Trinajstić information content (AvgIpc) is 3.09. The second-order valence-corrected chi connectivity index (χ2v) is 11.6. The molecule has 242 valence electrons. The van der Waals surface area contributed by atoms with Gasteiger partial charge in [-0.1, -0.05) is 0 Å². The molecule has 0 saturated carbocycles. The Morgan fingerprint density at radius 3 is 2.61 bits per heavy atom. The summed E-state index contributed by atoms with van der Waals surface area (Å²) in [7, 11) is 0. The Kier molecular flexibility index (Phi) is 9.82. The van der Waals surface area contributed by atoms with Crippen molar-refractivity contribution < 1.29 is 28.2 Å². The number of nitriles is 1. The van der Waals surface area contributed by atoms with Crippen molar-refractivity contribution in [3.63, 3.8) is 0 Å². The Hall–Kier alpha value is -4.45. The normalized spacial score (nSPS) is 21.1. The number of carbonyl (C=O) groups is 1. The van der Waals surface area contributed by atoms with Crippen LogP contribution in [0.3, 0.4) is 0 Å². The van der Waals surface area contributed by atoms with Crippen LogP contribution in [-0.4, -0.2) is 113 Å². The molecule has 4 heterocycles. The van der Waals surface area contributed by atoms with E-state index in [2.05, 4.69) is 36.1 Å². The number of aliphatic hydroxyl groups excluding tert-OH is 1. The summed E-state index contributed by atoms with van der Waals surface area (Å²) in [5.41, 5.74) is 1.71. The Balaban J connectivity index is 1.08. The van der Waals surface area contributed by atoms with Crippen LogP contribution < -0.4 is 15.0 Å². The van der Waals surface area contributed by atoms with Crippen LogP contribution in [0.4, 0.5) is 26.1 Å². The van der Waals surface area contributed by atoms with E-state index in [-0.39, 0.29) is 48.4 Å². The Bertz CT molecular complexity index is 1580. The molecule has 6 rings (SSSR count). The van der Waals surface area contributed by atoms with Crippen molar-refractivity contribution in [2.45, 2.75) is 37.6 Å². The monoisotopic (exact) mass is 634 g/mol. The van der Waals surface area contributed by atoms with Gasteiger partial charge < -0.3 is 29.7 Å². The quantitative estimate of drug-likeness (QED) is 0.378. The third kappa shape index (κ3) is 7.17. The first-order chi connectivity index (χ1) is 22.4. The lowest BCUT2D eigenvalue weighted by atomic mass is 10.0. The number of anilines is 3. The van der Waals surface area contributed by atoms with E-state index in [1.165, 1.54) is 17.3 Å². The average molecular weight is 635 g/mol. The minimum absolute atomic E-state index is 0.166. The van der Waals surface area contributed by atoms with Crippen LogP contribution in [0, 0.1) is 17.1 Å². The number of likely N-dealkylation sites (tertiary alicyclic amines) is 1. The summed E-state index contributed by atoms with van der Waals surface area (Å²) >= 11 is 0. The SMILES string of the molecule is N#Cc1cc(-c2ncnc(Nc3ccc(N4CCN(C5CCOCC5)CC4)c(F)c3)n2)ccc1O[C@H]1CCN(C(=O)CO)C[C@@H]1F. The molecule has 46 heavy (non-hydrogen) atoms. The Labute approximate surface area is 265 Å². The third-order valence-corrected chi connectivity index (χ3v) is 8.74. The maximum Gasteiger partial charge on any atom is 0.248 e. The standard InChI is InChI=1S/C32H36F2N8O4/c33-25-16-23(2-3-27(25)41-11-9-40(10-12-41)24-6-13-45-14-7-24)38-32-37-20-36-31(39-32)21-1-4-28(22(15-21)17-35)46-29-5-8-42(18-26(29)34)30(44)19-43/h1-4,15-16,20,24,26,29,43H,5-14,18-19H2,(H,36,37,38,39)/t26-,29-/m0/s1. The van der Waals surface area contributed by atoms with Gasteiger partial charge in [-0.15, -0.1) is 0 Å². The zero-order valence-corrected chi connectivity index (χ0v) is 25.3. The fraction of sp³-hybridized carbons (Fsp3) is 0.469. The number of aliphatic hydroxyl groups is 1. The number of ether oxygens (including phenoxy) is 2. The first-order valence-corrected chi connectivity index (χ1v) is 15.5. The van der Waals surface area contributed by atoms with Crippen molar-refractivity contribution >= 4 is 23.2 Å². The van der Waals surface area contributed by atoms with Gasteiger partial charge in [-0.05, 0) is 49.2 Å². The highest BCUT2D eigenvalue weighted by molar-refractivity contribution is 5.77. The Morgan fingerprint density at radius 2 is 1.89 bits per heavy atom. The molecule has 2 aromatic carbocycles. The van der Waals surface area contributed by atoms with Crippen molar-refractivity contribution in [1.29, 1.82) is 5.26 Å². The number of aromatic nitrogens is 3. The maximum absolute atomic E-state index is 15.3. The highest BCUT2D eigenvalue weighted by Gasteiger charge is 2.33. The second-order valence-electron chi connectivity index (χ2n) is 11.6. The number of rotatable bonds is 8. The first-order valence-electron chi connectivity index (χ1n) is 15.5. The van der Waals surface area contributed by atoms with E-state index < -0.39 is 24.8 Å². The van der Waals surface area contributed by atoms with Gasteiger partial charge in [0.1, 0.15) is 36.7 Å². The van der Waals surface area contributed by atoms with E-state index in [1.807, 2.05) is 0 Å². The lowest BCUT2D eigenvalue weighted by Crippen LogP contribution is -2.51. The number of hydrogen-bond acceptors (Lipinski definition) is 11. The molecular formula is C32H36F2N8O4. The summed E-state index contributed by atoms with van der Waals surface area (Å²) in [6, 6.07) is 12.3. The van der Waals surface area contributed by atoms with Gasteiger partial charge in [0.15, 0.2) is 12.0 Å². The van der Waals surface area contributed by atoms with Gasteiger partial charge in [0.25, 0.3) is 0 Å². The topological polar surface area (TPSA) is 140 Å². The van der Waals surface area contributed by atoms with E-state index in [0.29, 0.717) is 23.0 Å². The van der Waals surface area contributed by atoms with Gasteiger partial charge in [-0.25, -0.2) is 18.7 Å². The van der Waals surface area contributed by atoms with Crippen LogP contribution in [0.25, 0.3) is 11.4 Å².